The molecule has 1 saturated heterocycles. The monoisotopic (exact) mass is 319 g/mol. The quantitative estimate of drug-likeness (QED) is 0.823. The number of aromatic nitrogens is 1. The number of hydrogen-bond donors (Lipinski definition) is 2. The average molecular weight is 319 g/mol. The molecule has 0 spiro atoms. The highest BCUT2D eigenvalue weighted by Gasteiger charge is 2.26. The second-order valence-corrected chi connectivity index (χ2v) is 7.03. The van der Waals surface area contributed by atoms with Gasteiger partial charge in [0.25, 0.3) is 0 Å². The summed E-state index contributed by atoms with van der Waals surface area (Å²) in [5.41, 5.74) is 12.1. The highest BCUT2D eigenvalue weighted by atomic mass is 32.2. The Labute approximate surface area is 134 Å². The molecular formula is C15H21N5OS. The minimum absolute atomic E-state index is 0.0728. The Morgan fingerprint density at radius 3 is 2.73 bits per heavy atom. The number of anilines is 2. The van der Waals surface area contributed by atoms with Gasteiger partial charge in [-0.2, -0.15) is 5.26 Å². The van der Waals surface area contributed by atoms with Gasteiger partial charge in [0.05, 0.1) is 10.9 Å². The van der Waals surface area contributed by atoms with Crippen LogP contribution in [0.4, 0.5) is 11.5 Å². The highest BCUT2D eigenvalue weighted by Crippen LogP contribution is 2.30. The van der Waals surface area contributed by atoms with E-state index in [-0.39, 0.29) is 22.5 Å². The van der Waals surface area contributed by atoms with Gasteiger partial charge in [-0.15, -0.1) is 0 Å². The number of thioether (sulfide) groups is 1. The molecule has 118 valence electrons. The number of nitriles is 1. The van der Waals surface area contributed by atoms with E-state index in [1.807, 2.05) is 17.9 Å². The maximum absolute atomic E-state index is 12.5. The predicted molar refractivity (Wildman–Crippen MR) is 88.1 cm³/mol. The van der Waals surface area contributed by atoms with Crippen molar-refractivity contribution in [2.45, 2.75) is 37.0 Å². The molecule has 1 aromatic rings. The molecule has 0 aromatic carbocycles. The van der Waals surface area contributed by atoms with Gasteiger partial charge < -0.3 is 16.4 Å². The fraction of sp³-hybridized carbons (Fsp3) is 0.533. The number of carbonyl (C=O) groups is 1. The maximum Gasteiger partial charge on any atom is 0.235 e. The first kappa shape index (κ1) is 16.4. The Hall–Kier alpha value is -1.94. The second-order valence-electron chi connectivity index (χ2n) is 5.70. The second kappa shape index (κ2) is 6.88. The van der Waals surface area contributed by atoms with Crippen molar-refractivity contribution < 1.29 is 4.79 Å². The van der Waals surface area contributed by atoms with E-state index in [0.29, 0.717) is 16.6 Å². The van der Waals surface area contributed by atoms with Crippen LogP contribution in [0.3, 0.4) is 0 Å². The van der Waals surface area contributed by atoms with Gasteiger partial charge in [-0.3, -0.25) is 4.79 Å². The van der Waals surface area contributed by atoms with Gasteiger partial charge in [-0.05, 0) is 25.7 Å². The zero-order valence-electron chi connectivity index (χ0n) is 12.9. The molecule has 1 atom stereocenters. The molecule has 1 unspecified atom stereocenters. The molecule has 0 bridgehead atoms. The average Bonchev–Trinajstić information content (AvgIpc) is 2.47. The van der Waals surface area contributed by atoms with Crippen molar-refractivity contribution in [3.8, 4) is 6.07 Å². The van der Waals surface area contributed by atoms with E-state index in [1.54, 1.807) is 0 Å². The summed E-state index contributed by atoms with van der Waals surface area (Å²) in [6.45, 7) is 5.62. The number of pyridine rings is 1. The fourth-order valence-corrected chi connectivity index (χ4v) is 3.49. The number of likely N-dealkylation sites (tertiary alicyclic amines) is 1. The summed E-state index contributed by atoms with van der Waals surface area (Å²) in [7, 11) is 0. The Balaban J connectivity index is 2.10. The minimum atomic E-state index is -0.325. The Morgan fingerprint density at radius 2 is 2.14 bits per heavy atom. The zero-order valence-corrected chi connectivity index (χ0v) is 13.7. The van der Waals surface area contributed by atoms with Gasteiger partial charge in [-0.1, -0.05) is 18.7 Å². The van der Waals surface area contributed by atoms with Crippen LogP contribution in [-0.2, 0) is 4.79 Å². The van der Waals surface area contributed by atoms with Crippen LogP contribution in [0.25, 0.3) is 0 Å². The van der Waals surface area contributed by atoms with Crippen molar-refractivity contribution in [3.63, 3.8) is 0 Å². The lowest BCUT2D eigenvalue weighted by Crippen LogP contribution is -2.41. The molecule has 4 N–H and O–H groups in total. The third kappa shape index (κ3) is 3.63. The van der Waals surface area contributed by atoms with Crippen LogP contribution in [0.15, 0.2) is 11.1 Å². The van der Waals surface area contributed by atoms with Crippen molar-refractivity contribution >= 4 is 29.2 Å². The molecule has 22 heavy (non-hydrogen) atoms. The minimum Gasteiger partial charge on any atom is -0.397 e. The third-order valence-electron chi connectivity index (χ3n) is 3.88. The standard InChI is InChI=1S/C15H21N5OS/c1-9-3-5-20(6-4-9)15(21)10(2)22-14-11(8-16)12(17)7-13(18)19-14/h7,9-10H,3-6H2,1-2H3,(H4,17,18,19). The number of amides is 1. The van der Waals surface area contributed by atoms with Crippen molar-refractivity contribution in [2.75, 3.05) is 24.6 Å². The van der Waals surface area contributed by atoms with Crippen LogP contribution in [0.5, 0.6) is 0 Å². The highest BCUT2D eigenvalue weighted by molar-refractivity contribution is 8.00. The zero-order chi connectivity index (χ0) is 16.3. The van der Waals surface area contributed by atoms with Gasteiger partial charge in [0.1, 0.15) is 22.5 Å². The molecule has 1 aromatic heterocycles. The first-order valence-electron chi connectivity index (χ1n) is 7.34. The summed E-state index contributed by atoms with van der Waals surface area (Å²) in [6.07, 6.45) is 2.08. The molecule has 0 radical (unpaired) electrons. The molecule has 2 rings (SSSR count). The normalized spacial score (nSPS) is 17.0. The van der Waals surface area contributed by atoms with E-state index in [2.05, 4.69) is 11.9 Å². The van der Waals surface area contributed by atoms with Crippen LogP contribution < -0.4 is 11.5 Å². The van der Waals surface area contributed by atoms with Gasteiger partial charge in [0, 0.05) is 19.2 Å². The first-order valence-corrected chi connectivity index (χ1v) is 8.22. The number of piperidine rings is 1. The molecule has 7 heteroatoms. The van der Waals surface area contributed by atoms with E-state index in [1.165, 1.54) is 17.8 Å². The van der Waals surface area contributed by atoms with E-state index in [0.717, 1.165) is 25.9 Å². The molecule has 1 aliphatic heterocycles. The van der Waals surface area contributed by atoms with Crippen LogP contribution in [0.2, 0.25) is 0 Å². The van der Waals surface area contributed by atoms with Crippen LogP contribution >= 0.6 is 11.8 Å². The molecule has 0 saturated carbocycles. The van der Waals surface area contributed by atoms with Crippen molar-refractivity contribution in [2.24, 2.45) is 5.92 Å². The third-order valence-corrected chi connectivity index (χ3v) is 4.95. The molecule has 6 nitrogen and oxygen atoms in total. The summed E-state index contributed by atoms with van der Waals surface area (Å²) in [4.78, 5) is 18.6. The topological polar surface area (TPSA) is 109 Å². The Bertz CT molecular complexity index is 605. The van der Waals surface area contributed by atoms with Gasteiger partial charge in [-0.25, -0.2) is 4.98 Å². The van der Waals surface area contributed by atoms with E-state index in [9.17, 15) is 10.1 Å². The lowest BCUT2D eigenvalue weighted by molar-refractivity contribution is -0.131. The number of nitrogen functional groups attached to an aromatic ring is 2. The van der Waals surface area contributed by atoms with Crippen LogP contribution in [0.1, 0.15) is 32.3 Å². The largest absolute Gasteiger partial charge is 0.397 e. The lowest BCUT2D eigenvalue weighted by Gasteiger charge is -2.32. The van der Waals surface area contributed by atoms with Gasteiger partial charge in [0.2, 0.25) is 5.91 Å². The SMILES string of the molecule is CC1CCN(C(=O)C(C)Sc2nc(N)cc(N)c2C#N)CC1. The Morgan fingerprint density at radius 1 is 1.50 bits per heavy atom. The summed E-state index contributed by atoms with van der Waals surface area (Å²) in [5, 5.41) is 9.30. The molecule has 1 aliphatic rings. The number of hydrogen-bond acceptors (Lipinski definition) is 6. The van der Waals surface area contributed by atoms with Crippen LogP contribution in [0, 0.1) is 17.2 Å². The fourth-order valence-electron chi connectivity index (χ4n) is 2.46. The summed E-state index contributed by atoms with van der Waals surface area (Å²) >= 11 is 1.24. The lowest BCUT2D eigenvalue weighted by atomic mass is 9.99. The number of rotatable bonds is 3. The van der Waals surface area contributed by atoms with E-state index < -0.39 is 0 Å². The number of nitrogens with zero attached hydrogens (tertiary/aromatic N) is 3. The first-order chi connectivity index (χ1) is 10.4. The van der Waals surface area contributed by atoms with Crippen molar-refractivity contribution in [1.29, 1.82) is 5.26 Å². The van der Waals surface area contributed by atoms with Gasteiger partial charge >= 0.3 is 0 Å². The summed E-state index contributed by atoms with van der Waals surface area (Å²) in [5.74, 6) is 1.00. The molecule has 1 fully saturated rings. The van der Waals surface area contributed by atoms with Crippen molar-refractivity contribution in [1.82, 2.24) is 9.88 Å². The predicted octanol–water partition coefficient (Wildman–Crippen LogP) is 1.86. The van der Waals surface area contributed by atoms with E-state index >= 15 is 0 Å². The van der Waals surface area contributed by atoms with Crippen LogP contribution in [-0.4, -0.2) is 34.1 Å². The maximum atomic E-state index is 12.5. The number of nitrogens with two attached hydrogens (primary N) is 2. The molecular weight excluding hydrogens is 298 g/mol. The smallest absolute Gasteiger partial charge is 0.235 e. The van der Waals surface area contributed by atoms with Crippen molar-refractivity contribution in [3.05, 3.63) is 11.6 Å². The van der Waals surface area contributed by atoms with E-state index in [4.69, 9.17) is 11.5 Å². The molecule has 1 amide bonds. The summed E-state index contributed by atoms with van der Waals surface area (Å²) in [6, 6.07) is 3.49. The van der Waals surface area contributed by atoms with Gasteiger partial charge in [0.15, 0.2) is 0 Å². The summed E-state index contributed by atoms with van der Waals surface area (Å²) < 4.78 is 0. The molecule has 0 aliphatic carbocycles. The molecule has 2 heterocycles. The number of carbonyl (C=O) groups excluding carboxylic acids is 1. The Kier molecular flexibility index (Phi) is 5.14.